The van der Waals surface area contributed by atoms with E-state index < -0.39 is 0 Å². The molecule has 4 rings (SSSR count). The third-order valence-corrected chi connectivity index (χ3v) is 3.38. The van der Waals surface area contributed by atoms with Crippen molar-refractivity contribution < 1.29 is 20.3 Å². The first-order chi connectivity index (χ1) is 8.93. The van der Waals surface area contributed by atoms with E-state index in [2.05, 4.69) is 72.8 Å². The second-order valence-corrected chi connectivity index (χ2v) is 4.61. The summed E-state index contributed by atoms with van der Waals surface area (Å²) in [6, 6.07) is 17.0. The summed E-state index contributed by atoms with van der Waals surface area (Å²) in [5.74, 6) is 0. The minimum absolute atomic E-state index is 0. The molecule has 2 aromatic carbocycles. The van der Waals surface area contributed by atoms with Crippen LogP contribution in [0.3, 0.4) is 0 Å². The minimum Gasteiger partial charge on any atom is -1.00 e. The molecule has 0 amide bonds. The molecule has 0 radical (unpaired) electrons. The summed E-state index contributed by atoms with van der Waals surface area (Å²) in [7, 11) is 0. The van der Waals surface area contributed by atoms with E-state index in [0.717, 1.165) is 12.8 Å². The van der Waals surface area contributed by atoms with Gasteiger partial charge in [-0.25, -0.2) is 0 Å². The van der Waals surface area contributed by atoms with Gasteiger partial charge in [0, 0.05) is 0 Å². The van der Waals surface area contributed by atoms with Crippen LogP contribution in [-0.2, 0) is 12.8 Å². The fourth-order valence-electron chi connectivity index (χ4n) is 2.39. The molecule has 2 aromatic rings. The normalized spacial score (nSPS) is 13.1. The van der Waals surface area contributed by atoms with E-state index in [0.29, 0.717) is 0 Å². The molecular formula is C18H17Li. The van der Waals surface area contributed by atoms with Gasteiger partial charge in [0.05, 0.1) is 0 Å². The van der Waals surface area contributed by atoms with Crippen LogP contribution in [0, 0.1) is 0 Å². The van der Waals surface area contributed by atoms with E-state index in [4.69, 9.17) is 0 Å². The Hall–Kier alpha value is -1.48. The first kappa shape index (κ1) is 13.9. The first-order valence-electron chi connectivity index (χ1n) is 6.42. The van der Waals surface area contributed by atoms with Gasteiger partial charge < -0.3 is 1.43 Å². The predicted molar refractivity (Wildman–Crippen MR) is 79.5 cm³/mol. The van der Waals surface area contributed by atoms with Crippen LogP contribution in [-0.4, -0.2) is 0 Å². The number of hydrogen-bond acceptors (Lipinski definition) is 0. The molecule has 1 heteroatoms. The van der Waals surface area contributed by atoms with Crippen LogP contribution >= 0.6 is 0 Å². The van der Waals surface area contributed by atoms with Gasteiger partial charge in [0.2, 0.25) is 0 Å². The van der Waals surface area contributed by atoms with E-state index >= 15 is 0 Å². The van der Waals surface area contributed by atoms with Crippen LogP contribution in [0.15, 0.2) is 60.7 Å². The zero-order chi connectivity index (χ0) is 12.2. The Morgan fingerprint density at radius 1 is 0.632 bits per heavy atom. The van der Waals surface area contributed by atoms with Crippen molar-refractivity contribution in [2.75, 3.05) is 0 Å². The Labute approximate surface area is 128 Å². The quantitative estimate of drug-likeness (QED) is 0.614. The Bertz CT molecular complexity index is 559. The number of rotatable bonds is 0. The van der Waals surface area contributed by atoms with E-state index in [-0.39, 0.29) is 20.3 Å². The summed E-state index contributed by atoms with van der Waals surface area (Å²) in [6.45, 7) is 0. The molecule has 0 heterocycles. The van der Waals surface area contributed by atoms with Gasteiger partial charge in [-0.05, 0) is 35.1 Å². The first-order valence-corrected chi connectivity index (χ1v) is 6.42. The van der Waals surface area contributed by atoms with Crippen molar-refractivity contribution in [3.05, 3.63) is 82.9 Å². The second kappa shape index (κ2) is 6.62. The zero-order valence-corrected chi connectivity index (χ0v) is 11.3. The van der Waals surface area contributed by atoms with Crippen LogP contribution in [0.25, 0.3) is 12.2 Å². The average molecular weight is 240 g/mol. The Balaban J connectivity index is 0.000000182. The molecule has 2 aliphatic carbocycles. The van der Waals surface area contributed by atoms with Crippen molar-refractivity contribution in [2.24, 2.45) is 0 Å². The maximum atomic E-state index is 2.20. The number of fused-ring (bicyclic) bond motifs is 2. The van der Waals surface area contributed by atoms with Gasteiger partial charge in [-0.2, -0.15) is 0 Å². The number of hydrogen-bond donors (Lipinski definition) is 0. The van der Waals surface area contributed by atoms with Gasteiger partial charge in [0.1, 0.15) is 0 Å². The molecule has 0 aromatic heterocycles. The van der Waals surface area contributed by atoms with Crippen LogP contribution < -0.4 is 18.9 Å². The fraction of sp³-hybridized carbons (Fsp3) is 0.111. The number of allylic oxidation sites excluding steroid dienone is 2. The Morgan fingerprint density at radius 3 is 1.47 bits per heavy atom. The van der Waals surface area contributed by atoms with Crippen molar-refractivity contribution in [1.29, 1.82) is 0 Å². The zero-order valence-electron chi connectivity index (χ0n) is 12.3. The largest absolute Gasteiger partial charge is 1.00 e. The molecule has 90 valence electrons. The summed E-state index contributed by atoms with van der Waals surface area (Å²) in [5, 5.41) is 0. The molecule has 19 heavy (non-hydrogen) atoms. The third kappa shape index (κ3) is 3.29. The molecule has 0 aliphatic heterocycles. The monoisotopic (exact) mass is 240 g/mol. The van der Waals surface area contributed by atoms with Crippen molar-refractivity contribution in [3.63, 3.8) is 0 Å². The molecule has 0 spiro atoms. The predicted octanol–water partition coefficient (Wildman–Crippen LogP) is 1.63. The maximum Gasteiger partial charge on any atom is 1.00 e. The van der Waals surface area contributed by atoms with Crippen LogP contribution in [0.4, 0.5) is 0 Å². The molecule has 2 aliphatic rings. The Morgan fingerprint density at radius 2 is 1.05 bits per heavy atom. The van der Waals surface area contributed by atoms with Crippen molar-refractivity contribution in [2.45, 2.75) is 12.8 Å². The van der Waals surface area contributed by atoms with E-state index in [1.165, 1.54) is 22.3 Å². The molecule has 0 nitrogen and oxygen atoms in total. The standard InChI is InChI=1S/2C9H8.Li.H/c2*1-2-5-9-7-3-6-8(9)4-1;;/h2*1-6H,7H2;;/q;;+1;-1. The van der Waals surface area contributed by atoms with Crippen molar-refractivity contribution >= 4 is 12.2 Å². The van der Waals surface area contributed by atoms with Crippen LogP contribution in [0.5, 0.6) is 0 Å². The fourth-order valence-corrected chi connectivity index (χ4v) is 2.39. The minimum atomic E-state index is 0. The van der Waals surface area contributed by atoms with Crippen LogP contribution in [0.2, 0.25) is 0 Å². The molecule has 0 N–H and O–H groups in total. The summed E-state index contributed by atoms with van der Waals surface area (Å²) < 4.78 is 0. The van der Waals surface area contributed by atoms with E-state index in [9.17, 15) is 0 Å². The van der Waals surface area contributed by atoms with Gasteiger partial charge in [0.15, 0.2) is 0 Å². The van der Waals surface area contributed by atoms with Crippen molar-refractivity contribution in [1.82, 2.24) is 0 Å². The molecule has 0 fully saturated rings. The van der Waals surface area contributed by atoms with E-state index in [1.54, 1.807) is 0 Å². The topological polar surface area (TPSA) is 0 Å². The molecule has 0 bridgehead atoms. The summed E-state index contributed by atoms with van der Waals surface area (Å²) in [6.07, 6.45) is 11.0. The third-order valence-electron chi connectivity index (χ3n) is 3.38. The van der Waals surface area contributed by atoms with Gasteiger partial charge in [-0.3, -0.25) is 0 Å². The molecular weight excluding hydrogens is 223 g/mol. The smallest absolute Gasteiger partial charge is 1.00 e. The van der Waals surface area contributed by atoms with Gasteiger partial charge in [0.25, 0.3) is 0 Å². The summed E-state index contributed by atoms with van der Waals surface area (Å²) in [4.78, 5) is 0. The Kier molecular flexibility index (Phi) is 4.85. The van der Waals surface area contributed by atoms with Crippen LogP contribution in [0.1, 0.15) is 23.7 Å². The summed E-state index contributed by atoms with van der Waals surface area (Å²) in [5.41, 5.74) is 5.69. The maximum absolute atomic E-state index is 2.20. The van der Waals surface area contributed by atoms with Crippen molar-refractivity contribution in [3.8, 4) is 0 Å². The van der Waals surface area contributed by atoms with Gasteiger partial charge in [-0.1, -0.05) is 72.8 Å². The second-order valence-electron chi connectivity index (χ2n) is 4.61. The molecule has 0 unspecified atom stereocenters. The average Bonchev–Trinajstić information content (AvgIpc) is 3.08. The molecule has 0 saturated heterocycles. The summed E-state index contributed by atoms with van der Waals surface area (Å²) >= 11 is 0. The van der Waals surface area contributed by atoms with Gasteiger partial charge >= 0.3 is 18.9 Å². The van der Waals surface area contributed by atoms with E-state index in [1.807, 2.05) is 0 Å². The SMILES string of the molecule is C1=Cc2ccccc2C1.C1=Cc2ccccc2C1.[H-].[Li+]. The number of benzene rings is 2. The molecule has 0 atom stereocenters. The van der Waals surface area contributed by atoms with Gasteiger partial charge in [-0.15, -0.1) is 0 Å². The molecule has 0 saturated carbocycles.